The maximum Gasteiger partial charge on any atom is 0.236 e. The molecule has 1 heterocycles. The van der Waals surface area contributed by atoms with E-state index in [-0.39, 0.29) is 5.91 Å². The number of rotatable bonds is 7. The SMILES string of the molecule is COCCNCC(=O)N(C)Cc1ccsc1. The second-order valence-electron chi connectivity index (χ2n) is 3.55. The van der Waals surface area contributed by atoms with E-state index >= 15 is 0 Å². The number of ether oxygens (including phenoxy) is 1. The lowest BCUT2D eigenvalue weighted by atomic mass is 10.3. The molecule has 0 saturated heterocycles. The third-order valence-electron chi connectivity index (χ3n) is 2.18. The molecule has 1 N–H and O–H groups in total. The fourth-order valence-electron chi connectivity index (χ4n) is 1.25. The topological polar surface area (TPSA) is 41.6 Å². The van der Waals surface area contributed by atoms with Gasteiger partial charge in [-0.1, -0.05) is 0 Å². The first-order valence-electron chi connectivity index (χ1n) is 5.18. The van der Waals surface area contributed by atoms with Gasteiger partial charge in [-0.3, -0.25) is 4.79 Å². The summed E-state index contributed by atoms with van der Waals surface area (Å²) in [5.74, 6) is 0.0994. The van der Waals surface area contributed by atoms with Crippen molar-refractivity contribution in [1.29, 1.82) is 0 Å². The zero-order chi connectivity index (χ0) is 11.8. The number of carbonyl (C=O) groups excluding carboxylic acids is 1. The zero-order valence-corrected chi connectivity index (χ0v) is 10.5. The van der Waals surface area contributed by atoms with Crippen LogP contribution in [0.3, 0.4) is 0 Å². The fourth-order valence-corrected chi connectivity index (χ4v) is 1.91. The Labute approximate surface area is 100 Å². The Hall–Kier alpha value is -0.910. The van der Waals surface area contributed by atoms with Gasteiger partial charge in [0.05, 0.1) is 13.2 Å². The van der Waals surface area contributed by atoms with Gasteiger partial charge in [-0.25, -0.2) is 0 Å². The third-order valence-corrected chi connectivity index (χ3v) is 2.92. The monoisotopic (exact) mass is 242 g/mol. The second kappa shape index (κ2) is 7.38. The molecule has 4 nitrogen and oxygen atoms in total. The summed E-state index contributed by atoms with van der Waals surface area (Å²) >= 11 is 1.65. The molecule has 1 aromatic heterocycles. The van der Waals surface area contributed by atoms with E-state index in [1.165, 1.54) is 5.56 Å². The molecular weight excluding hydrogens is 224 g/mol. The molecule has 0 aliphatic rings. The Morgan fingerprint density at radius 3 is 3.06 bits per heavy atom. The first kappa shape index (κ1) is 13.2. The van der Waals surface area contributed by atoms with E-state index < -0.39 is 0 Å². The van der Waals surface area contributed by atoms with Crippen molar-refractivity contribution in [3.05, 3.63) is 22.4 Å². The fraction of sp³-hybridized carbons (Fsp3) is 0.545. The molecule has 0 spiro atoms. The lowest BCUT2D eigenvalue weighted by molar-refractivity contribution is -0.129. The van der Waals surface area contributed by atoms with Crippen molar-refractivity contribution in [1.82, 2.24) is 10.2 Å². The molecule has 16 heavy (non-hydrogen) atoms. The zero-order valence-electron chi connectivity index (χ0n) is 9.73. The number of likely N-dealkylation sites (N-methyl/N-ethyl adjacent to an activating group) is 1. The summed E-state index contributed by atoms with van der Waals surface area (Å²) in [5.41, 5.74) is 1.18. The van der Waals surface area contributed by atoms with Crippen LogP contribution in [0.25, 0.3) is 0 Å². The van der Waals surface area contributed by atoms with Crippen LogP contribution in [-0.2, 0) is 16.1 Å². The van der Waals surface area contributed by atoms with E-state index in [0.29, 0.717) is 26.2 Å². The summed E-state index contributed by atoms with van der Waals surface area (Å²) in [6.45, 7) is 2.37. The molecule has 0 atom stereocenters. The molecule has 0 radical (unpaired) electrons. The Kier molecular flexibility index (Phi) is 6.07. The molecule has 0 aliphatic carbocycles. The van der Waals surface area contributed by atoms with E-state index in [0.717, 1.165) is 0 Å². The van der Waals surface area contributed by atoms with Crippen molar-refractivity contribution in [2.75, 3.05) is 33.9 Å². The molecule has 1 aromatic rings. The van der Waals surface area contributed by atoms with Crippen molar-refractivity contribution in [3.8, 4) is 0 Å². The van der Waals surface area contributed by atoms with E-state index in [2.05, 4.69) is 10.7 Å². The summed E-state index contributed by atoms with van der Waals surface area (Å²) in [4.78, 5) is 13.4. The highest BCUT2D eigenvalue weighted by Gasteiger charge is 2.08. The van der Waals surface area contributed by atoms with E-state index in [4.69, 9.17) is 4.74 Å². The highest BCUT2D eigenvalue weighted by Crippen LogP contribution is 2.08. The Morgan fingerprint density at radius 2 is 2.44 bits per heavy atom. The van der Waals surface area contributed by atoms with E-state index in [9.17, 15) is 4.79 Å². The third kappa shape index (κ3) is 4.74. The summed E-state index contributed by atoms with van der Waals surface area (Å²) in [6.07, 6.45) is 0. The van der Waals surface area contributed by atoms with Gasteiger partial charge in [0.15, 0.2) is 0 Å². The lowest BCUT2D eigenvalue weighted by Crippen LogP contribution is -2.36. The minimum absolute atomic E-state index is 0.0994. The number of methoxy groups -OCH3 is 1. The van der Waals surface area contributed by atoms with Crippen LogP contribution < -0.4 is 5.32 Å². The summed E-state index contributed by atoms with van der Waals surface area (Å²) < 4.78 is 4.88. The quantitative estimate of drug-likeness (QED) is 0.724. The molecule has 0 saturated carbocycles. The molecular formula is C11H18N2O2S. The number of hydrogen-bond donors (Lipinski definition) is 1. The highest BCUT2D eigenvalue weighted by molar-refractivity contribution is 7.07. The van der Waals surface area contributed by atoms with Crippen molar-refractivity contribution < 1.29 is 9.53 Å². The maximum absolute atomic E-state index is 11.7. The molecule has 0 aliphatic heterocycles. The lowest BCUT2D eigenvalue weighted by Gasteiger charge is -2.16. The minimum atomic E-state index is 0.0994. The molecule has 90 valence electrons. The number of hydrogen-bond acceptors (Lipinski definition) is 4. The van der Waals surface area contributed by atoms with Crippen molar-refractivity contribution >= 4 is 17.2 Å². The molecule has 0 bridgehead atoms. The van der Waals surface area contributed by atoms with Crippen molar-refractivity contribution in [2.45, 2.75) is 6.54 Å². The van der Waals surface area contributed by atoms with Crippen LogP contribution in [0.5, 0.6) is 0 Å². The van der Waals surface area contributed by atoms with Crippen LogP contribution in [0.1, 0.15) is 5.56 Å². The molecule has 1 rings (SSSR count). The van der Waals surface area contributed by atoms with Crippen LogP contribution in [0, 0.1) is 0 Å². The number of amides is 1. The molecule has 5 heteroatoms. The van der Waals surface area contributed by atoms with Gasteiger partial charge in [0.25, 0.3) is 0 Å². The van der Waals surface area contributed by atoms with Crippen LogP contribution >= 0.6 is 11.3 Å². The smallest absolute Gasteiger partial charge is 0.236 e. The largest absolute Gasteiger partial charge is 0.383 e. The average Bonchev–Trinajstić information content (AvgIpc) is 2.76. The van der Waals surface area contributed by atoms with Gasteiger partial charge in [0.2, 0.25) is 5.91 Å². The average molecular weight is 242 g/mol. The standard InChI is InChI=1S/C11H18N2O2S/c1-13(8-10-3-6-16-9-10)11(14)7-12-4-5-15-2/h3,6,9,12H,4-5,7-8H2,1-2H3. The van der Waals surface area contributed by atoms with E-state index in [1.807, 2.05) is 18.5 Å². The predicted molar refractivity (Wildman–Crippen MR) is 65.5 cm³/mol. The first-order chi connectivity index (χ1) is 7.74. The number of nitrogens with zero attached hydrogens (tertiary/aromatic N) is 1. The van der Waals surface area contributed by atoms with Gasteiger partial charge < -0.3 is 15.0 Å². The number of nitrogens with one attached hydrogen (secondary N) is 1. The van der Waals surface area contributed by atoms with Crippen molar-refractivity contribution in [3.63, 3.8) is 0 Å². The predicted octanol–water partition coefficient (Wildman–Crippen LogP) is 0.943. The molecule has 0 unspecified atom stereocenters. The van der Waals surface area contributed by atoms with Gasteiger partial charge in [-0.15, -0.1) is 0 Å². The highest BCUT2D eigenvalue weighted by atomic mass is 32.1. The summed E-state index contributed by atoms with van der Waals surface area (Å²) in [6, 6.07) is 2.03. The van der Waals surface area contributed by atoms with Crippen LogP contribution in [0.2, 0.25) is 0 Å². The summed E-state index contributed by atoms with van der Waals surface area (Å²) in [5, 5.41) is 7.11. The Balaban J connectivity index is 2.20. The number of carbonyl (C=O) groups is 1. The van der Waals surface area contributed by atoms with Crippen LogP contribution in [-0.4, -0.2) is 44.7 Å². The Morgan fingerprint density at radius 1 is 1.62 bits per heavy atom. The summed E-state index contributed by atoms with van der Waals surface area (Å²) in [7, 11) is 3.46. The van der Waals surface area contributed by atoms with Gasteiger partial charge in [-0.2, -0.15) is 11.3 Å². The number of thiophene rings is 1. The van der Waals surface area contributed by atoms with Gasteiger partial charge in [-0.05, 0) is 22.4 Å². The normalized spacial score (nSPS) is 10.4. The second-order valence-corrected chi connectivity index (χ2v) is 4.33. The maximum atomic E-state index is 11.7. The van der Waals surface area contributed by atoms with Gasteiger partial charge >= 0.3 is 0 Å². The van der Waals surface area contributed by atoms with Crippen molar-refractivity contribution in [2.24, 2.45) is 0 Å². The van der Waals surface area contributed by atoms with Gasteiger partial charge in [0.1, 0.15) is 0 Å². The minimum Gasteiger partial charge on any atom is -0.383 e. The van der Waals surface area contributed by atoms with Crippen LogP contribution in [0.15, 0.2) is 16.8 Å². The first-order valence-corrected chi connectivity index (χ1v) is 6.13. The van der Waals surface area contributed by atoms with Crippen LogP contribution in [0.4, 0.5) is 0 Å². The molecule has 0 aromatic carbocycles. The Bertz CT molecular complexity index is 301. The van der Waals surface area contributed by atoms with Gasteiger partial charge in [0, 0.05) is 27.2 Å². The molecule has 1 amide bonds. The molecule has 0 fully saturated rings. The van der Waals surface area contributed by atoms with E-state index in [1.54, 1.807) is 23.3 Å².